The van der Waals surface area contributed by atoms with Crippen molar-refractivity contribution in [1.82, 2.24) is 0 Å². The molecule has 0 spiro atoms. The second-order valence-corrected chi connectivity index (χ2v) is 3.37. The molecule has 0 atom stereocenters. The fraction of sp³-hybridized carbons (Fsp3) is 0.0714. The normalized spacial score (nSPS) is 10.4. The summed E-state index contributed by atoms with van der Waals surface area (Å²) in [4.78, 5) is 0. The van der Waals surface area contributed by atoms with Crippen molar-refractivity contribution in [3.05, 3.63) is 78.7 Å². The van der Waals surface area contributed by atoms with Crippen molar-refractivity contribution in [3.63, 3.8) is 0 Å². The molecule has 0 N–H and O–H groups in total. The van der Waals surface area contributed by atoms with Gasteiger partial charge in [-0.3, -0.25) is 0 Å². The third-order valence-corrected chi connectivity index (χ3v) is 2.40. The van der Waals surface area contributed by atoms with Gasteiger partial charge in [-0.2, -0.15) is 0 Å². The first-order valence-electron chi connectivity index (χ1n) is 4.81. The average Bonchev–Trinajstić information content (AvgIpc) is 2.30. The lowest BCUT2D eigenvalue weighted by Crippen LogP contribution is -1.94. The van der Waals surface area contributed by atoms with Crippen LogP contribution in [0, 0.1) is 6.92 Å². The van der Waals surface area contributed by atoms with Crippen molar-refractivity contribution in [2.75, 3.05) is 0 Å². The van der Waals surface area contributed by atoms with Crippen molar-refractivity contribution in [3.8, 4) is 0 Å². The fourth-order valence-corrected chi connectivity index (χ4v) is 1.56. The molecule has 0 aromatic heterocycles. The predicted molar refractivity (Wildman–Crippen MR) is 60.1 cm³/mol. The Bertz CT molecular complexity index is 336. The van der Waals surface area contributed by atoms with Crippen LogP contribution in [0.25, 0.3) is 0 Å². The van der Waals surface area contributed by atoms with Gasteiger partial charge in [-0.15, -0.1) is 0 Å². The standard InChI is InChI=1S/C14H13/c1-12(13-8-4-2-5-9-13)14-10-6-3-7-11-14/h2-12H,1H2. The van der Waals surface area contributed by atoms with Crippen LogP contribution in [0.1, 0.15) is 17.0 Å². The molecule has 14 heavy (non-hydrogen) atoms. The molecule has 0 aliphatic carbocycles. The molecule has 0 amide bonds. The van der Waals surface area contributed by atoms with Crippen molar-refractivity contribution in [2.24, 2.45) is 0 Å². The Morgan fingerprint density at radius 2 is 1.00 bits per heavy atom. The lowest BCUT2D eigenvalue weighted by molar-refractivity contribution is 1.02. The Hall–Kier alpha value is -1.56. The predicted octanol–water partition coefficient (Wildman–Crippen LogP) is 3.65. The molecule has 2 aromatic rings. The summed E-state index contributed by atoms with van der Waals surface area (Å²) < 4.78 is 0. The van der Waals surface area contributed by atoms with Crippen LogP contribution in [-0.4, -0.2) is 0 Å². The smallest absolute Gasteiger partial charge is 0.00896 e. The van der Waals surface area contributed by atoms with Crippen LogP contribution in [0.3, 0.4) is 0 Å². The molecular formula is C14H13. The van der Waals surface area contributed by atoms with Gasteiger partial charge in [0, 0.05) is 5.92 Å². The first kappa shape index (κ1) is 9.01. The summed E-state index contributed by atoms with van der Waals surface area (Å²) in [6, 6.07) is 20.7. The molecule has 0 saturated carbocycles. The van der Waals surface area contributed by atoms with Gasteiger partial charge in [-0.1, -0.05) is 60.7 Å². The maximum atomic E-state index is 4.18. The molecule has 1 radical (unpaired) electrons. The molecule has 0 fully saturated rings. The van der Waals surface area contributed by atoms with E-state index in [1.165, 1.54) is 11.1 Å². The summed E-state index contributed by atoms with van der Waals surface area (Å²) in [5.74, 6) is 0.234. The van der Waals surface area contributed by atoms with Gasteiger partial charge in [0.15, 0.2) is 0 Å². The van der Waals surface area contributed by atoms with E-state index >= 15 is 0 Å². The molecule has 0 heterocycles. The highest BCUT2D eigenvalue weighted by Crippen LogP contribution is 2.22. The molecule has 69 valence electrons. The topological polar surface area (TPSA) is 0 Å². The minimum Gasteiger partial charge on any atom is -0.0622 e. The van der Waals surface area contributed by atoms with E-state index in [1.54, 1.807) is 0 Å². The summed E-state index contributed by atoms with van der Waals surface area (Å²) in [7, 11) is 0. The summed E-state index contributed by atoms with van der Waals surface area (Å²) >= 11 is 0. The minimum atomic E-state index is 0.234. The SMILES string of the molecule is [CH2]C(c1ccccc1)c1ccccc1. The molecule has 0 aliphatic heterocycles. The summed E-state index contributed by atoms with van der Waals surface area (Å²) in [6.07, 6.45) is 0. The Morgan fingerprint density at radius 1 is 0.643 bits per heavy atom. The first-order valence-corrected chi connectivity index (χ1v) is 4.81. The molecule has 0 unspecified atom stereocenters. The zero-order chi connectivity index (χ0) is 9.80. The van der Waals surface area contributed by atoms with Gasteiger partial charge < -0.3 is 0 Å². The highest BCUT2D eigenvalue weighted by Gasteiger charge is 2.05. The van der Waals surface area contributed by atoms with Crippen LogP contribution in [-0.2, 0) is 0 Å². The molecular weight excluding hydrogens is 168 g/mol. The zero-order valence-corrected chi connectivity index (χ0v) is 8.06. The van der Waals surface area contributed by atoms with E-state index in [-0.39, 0.29) is 5.92 Å². The van der Waals surface area contributed by atoms with Crippen LogP contribution >= 0.6 is 0 Å². The molecule has 0 heteroatoms. The Balaban J connectivity index is 2.30. The summed E-state index contributed by atoms with van der Waals surface area (Å²) in [5, 5.41) is 0. The van der Waals surface area contributed by atoms with Crippen molar-refractivity contribution in [1.29, 1.82) is 0 Å². The Labute approximate surface area is 85.2 Å². The van der Waals surface area contributed by atoms with Crippen molar-refractivity contribution in [2.45, 2.75) is 5.92 Å². The lowest BCUT2D eigenvalue weighted by atomic mass is 9.93. The lowest BCUT2D eigenvalue weighted by Gasteiger charge is -2.11. The second kappa shape index (κ2) is 4.10. The maximum Gasteiger partial charge on any atom is 0.00896 e. The molecule has 2 aromatic carbocycles. The molecule has 0 aliphatic rings. The van der Waals surface area contributed by atoms with Crippen molar-refractivity contribution < 1.29 is 0 Å². The van der Waals surface area contributed by atoms with Gasteiger partial charge in [0.25, 0.3) is 0 Å². The van der Waals surface area contributed by atoms with Crippen molar-refractivity contribution >= 4 is 0 Å². The second-order valence-electron chi connectivity index (χ2n) is 3.37. The van der Waals surface area contributed by atoms with Gasteiger partial charge in [0.05, 0.1) is 0 Å². The highest BCUT2D eigenvalue weighted by molar-refractivity contribution is 5.33. The monoisotopic (exact) mass is 181 g/mol. The summed E-state index contributed by atoms with van der Waals surface area (Å²) in [6.45, 7) is 4.18. The number of hydrogen-bond donors (Lipinski definition) is 0. The maximum absolute atomic E-state index is 4.18. The molecule has 0 bridgehead atoms. The molecule has 0 saturated heterocycles. The minimum absolute atomic E-state index is 0.234. The highest BCUT2D eigenvalue weighted by atomic mass is 14.1. The van der Waals surface area contributed by atoms with Gasteiger partial charge in [0.2, 0.25) is 0 Å². The molecule has 0 nitrogen and oxygen atoms in total. The summed E-state index contributed by atoms with van der Waals surface area (Å²) in [5.41, 5.74) is 2.53. The van der Waals surface area contributed by atoms with Crippen LogP contribution in [0.5, 0.6) is 0 Å². The van der Waals surface area contributed by atoms with E-state index in [1.807, 2.05) is 12.1 Å². The quantitative estimate of drug-likeness (QED) is 0.663. The van der Waals surface area contributed by atoms with Crippen LogP contribution in [0.2, 0.25) is 0 Å². The Morgan fingerprint density at radius 3 is 1.36 bits per heavy atom. The zero-order valence-electron chi connectivity index (χ0n) is 8.06. The largest absolute Gasteiger partial charge is 0.0622 e. The van der Waals surface area contributed by atoms with E-state index in [4.69, 9.17) is 0 Å². The fourth-order valence-electron chi connectivity index (χ4n) is 1.56. The van der Waals surface area contributed by atoms with E-state index < -0.39 is 0 Å². The Kier molecular flexibility index (Phi) is 2.64. The van der Waals surface area contributed by atoms with Gasteiger partial charge in [0.1, 0.15) is 0 Å². The van der Waals surface area contributed by atoms with E-state index in [2.05, 4.69) is 55.5 Å². The van der Waals surface area contributed by atoms with Gasteiger partial charge in [-0.05, 0) is 18.1 Å². The van der Waals surface area contributed by atoms with Crippen LogP contribution < -0.4 is 0 Å². The first-order chi connectivity index (χ1) is 6.88. The van der Waals surface area contributed by atoms with Gasteiger partial charge in [-0.25, -0.2) is 0 Å². The number of rotatable bonds is 2. The average molecular weight is 181 g/mol. The van der Waals surface area contributed by atoms with Crippen LogP contribution in [0.15, 0.2) is 60.7 Å². The van der Waals surface area contributed by atoms with Crippen LogP contribution in [0.4, 0.5) is 0 Å². The number of benzene rings is 2. The van der Waals surface area contributed by atoms with E-state index in [0.717, 1.165) is 0 Å². The third kappa shape index (κ3) is 1.85. The van der Waals surface area contributed by atoms with E-state index in [9.17, 15) is 0 Å². The van der Waals surface area contributed by atoms with E-state index in [0.29, 0.717) is 0 Å². The van der Waals surface area contributed by atoms with Gasteiger partial charge >= 0.3 is 0 Å². The molecule has 2 rings (SSSR count). The number of hydrogen-bond acceptors (Lipinski definition) is 0. The third-order valence-electron chi connectivity index (χ3n) is 2.40.